The first kappa shape index (κ1) is 13.9. The number of carboxylic acid groups (broad SMARTS) is 1. The lowest BCUT2D eigenvalue weighted by Gasteiger charge is -2.29. The number of anilines is 1. The molecule has 1 aromatic heterocycles. The highest BCUT2D eigenvalue weighted by molar-refractivity contribution is 9.10. The number of fused-ring (bicyclic) bond motifs is 2. The van der Waals surface area contributed by atoms with Gasteiger partial charge in [0.05, 0.1) is 0 Å². The summed E-state index contributed by atoms with van der Waals surface area (Å²) >= 11 is 3.27. The van der Waals surface area contributed by atoms with Crippen LogP contribution in [0.3, 0.4) is 0 Å². The van der Waals surface area contributed by atoms with Crippen molar-refractivity contribution in [3.05, 3.63) is 22.3 Å². The quantitative estimate of drug-likeness (QED) is 0.876. The first-order valence-corrected chi connectivity index (χ1v) is 7.99. The molecule has 0 amide bonds. The molecular weight excluding hydrogens is 320 g/mol. The van der Waals surface area contributed by atoms with Gasteiger partial charge in [0.15, 0.2) is 0 Å². The van der Waals surface area contributed by atoms with Crippen LogP contribution in [-0.2, 0) is 0 Å². The van der Waals surface area contributed by atoms with E-state index in [1.165, 1.54) is 25.7 Å². The number of rotatable bonds is 4. The molecular formula is C15H19BrN2O2. The first-order chi connectivity index (χ1) is 9.54. The molecule has 4 unspecified atom stereocenters. The molecule has 4 atom stereocenters. The normalized spacial score (nSPS) is 29.4. The Balaban J connectivity index is 1.76. The van der Waals surface area contributed by atoms with E-state index in [2.05, 4.69) is 33.2 Å². The SMILES string of the molecule is CC(Nc1ncc(Br)cc1C(=O)O)C1CC2CCC1C2. The Morgan fingerprint density at radius 2 is 2.30 bits per heavy atom. The Bertz CT molecular complexity index is 535. The fourth-order valence-electron chi connectivity index (χ4n) is 3.95. The summed E-state index contributed by atoms with van der Waals surface area (Å²) in [5, 5.41) is 12.6. The van der Waals surface area contributed by atoms with Crippen LogP contribution in [0.25, 0.3) is 0 Å². The van der Waals surface area contributed by atoms with Gasteiger partial charge in [0.25, 0.3) is 0 Å². The molecule has 0 spiro atoms. The van der Waals surface area contributed by atoms with Crippen LogP contribution in [0.2, 0.25) is 0 Å². The largest absolute Gasteiger partial charge is 0.478 e. The van der Waals surface area contributed by atoms with Crippen LogP contribution in [-0.4, -0.2) is 22.1 Å². The van der Waals surface area contributed by atoms with E-state index in [0.717, 1.165) is 11.8 Å². The highest BCUT2D eigenvalue weighted by Gasteiger charge is 2.42. The van der Waals surface area contributed by atoms with E-state index in [4.69, 9.17) is 0 Å². The van der Waals surface area contributed by atoms with Gasteiger partial charge in [0, 0.05) is 16.7 Å². The lowest BCUT2D eigenvalue weighted by atomic mass is 9.84. The Morgan fingerprint density at radius 3 is 2.90 bits per heavy atom. The molecule has 108 valence electrons. The van der Waals surface area contributed by atoms with E-state index in [9.17, 15) is 9.90 Å². The third-order valence-electron chi connectivity index (χ3n) is 4.88. The summed E-state index contributed by atoms with van der Waals surface area (Å²) in [5.41, 5.74) is 0.231. The number of pyridine rings is 1. The van der Waals surface area contributed by atoms with E-state index >= 15 is 0 Å². The molecule has 4 nitrogen and oxygen atoms in total. The maximum atomic E-state index is 11.3. The van der Waals surface area contributed by atoms with Crippen molar-refractivity contribution in [2.45, 2.75) is 38.6 Å². The Morgan fingerprint density at radius 1 is 1.50 bits per heavy atom. The van der Waals surface area contributed by atoms with Gasteiger partial charge >= 0.3 is 5.97 Å². The molecule has 2 aliphatic rings. The third kappa shape index (κ3) is 2.55. The summed E-state index contributed by atoms with van der Waals surface area (Å²) < 4.78 is 0.688. The zero-order valence-corrected chi connectivity index (χ0v) is 13.1. The zero-order valence-electron chi connectivity index (χ0n) is 11.5. The summed E-state index contributed by atoms with van der Waals surface area (Å²) in [4.78, 5) is 15.5. The lowest BCUT2D eigenvalue weighted by Crippen LogP contribution is -2.31. The number of halogens is 1. The molecule has 0 aromatic carbocycles. The number of hydrogen-bond acceptors (Lipinski definition) is 3. The number of aromatic carboxylic acids is 1. The van der Waals surface area contributed by atoms with E-state index in [1.807, 2.05) is 0 Å². The first-order valence-electron chi connectivity index (χ1n) is 7.20. The molecule has 20 heavy (non-hydrogen) atoms. The number of carboxylic acids is 1. The van der Waals surface area contributed by atoms with Gasteiger partial charge in [-0.25, -0.2) is 9.78 Å². The van der Waals surface area contributed by atoms with Crippen molar-refractivity contribution in [2.24, 2.45) is 17.8 Å². The number of nitrogens with zero attached hydrogens (tertiary/aromatic N) is 1. The van der Waals surface area contributed by atoms with Gasteiger partial charge in [-0.1, -0.05) is 6.42 Å². The molecule has 0 radical (unpaired) electrons. The summed E-state index contributed by atoms with van der Waals surface area (Å²) in [6.45, 7) is 2.15. The highest BCUT2D eigenvalue weighted by Crippen LogP contribution is 2.49. The van der Waals surface area contributed by atoms with Gasteiger partial charge in [0.2, 0.25) is 0 Å². The minimum Gasteiger partial charge on any atom is -0.478 e. The maximum absolute atomic E-state index is 11.3. The van der Waals surface area contributed by atoms with Crippen molar-refractivity contribution >= 4 is 27.7 Å². The second kappa shape index (κ2) is 5.35. The third-order valence-corrected chi connectivity index (χ3v) is 5.32. The molecule has 3 rings (SSSR count). The van der Waals surface area contributed by atoms with Crippen LogP contribution in [0.5, 0.6) is 0 Å². The van der Waals surface area contributed by atoms with Gasteiger partial charge in [-0.05, 0) is 65.9 Å². The summed E-state index contributed by atoms with van der Waals surface area (Å²) in [6.07, 6.45) is 6.99. The van der Waals surface area contributed by atoms with Crippen LogP contribution in [0.15, 0.2) is 16.7 Å². The van der Waals surface area contributed by atoms with Crippen LogP contribution < -0.4 is 5.32 Å². The molecule has 1 aromatic rings. The van der Waals surface area contributed by atoms with Crippen molar-refractivity contribution in [3.63, 3.8) is 0 Å². The predicted octanol–water partition coefficient (Wildman–Crippen LogP) is 3.78. The van der Waals surface area contributed by atoms with Crippen molar-refractivity contribution < 1.29 is 9.90 Å². The molecule has 5 heteroatoms. The Hall–Kier alpha value is -1.10. The molecule has 2 N–H and O–H groups in total. The second-order valence-electron chi connectivity index (χ2n) is 6.13. The molecule has 2 aliphatic carbocycles. The van der Waals surface area contributed by atoms with Crippen molar-refractivity contribution in [1.29, 1.82) is 0 Å². The smallest absolute Gasteiger partial charge is 0.339 e. The number of hydrogen-bond donors (Lipinski definition) is 2. The van der Waals surface area contributed by atoms with Crippen LogP contribution >= 0.6 is 15.9 Å². The monoisotopic (exact) mass is 338 g/mol. The van der Waals surface area contributed by atoms with E-state index < -0.39 is 5.97 Å². The number of nitrogens with one attached hydrogen (secondary N) is 1. The minimum absolute atomic E-state index is 0.231. The van der Waals surface area contributed by atoms with E-state index in [0.29, 0.717) is 16.2 Å². The van der Waals surface area contributed by atoms with Crippen LogP contribution in [0.1, 0.15) is 43.0 Å². The molecule has 0 aliphatic heterocycles. The zero-order chi connectivity index (χ0) is 14.3. The average Bonchev–Trinajstić information content (AvgIpc) is 3.03. The maximum Gasteiger partial charge on any atom is 0.339 e. The molecule has 0 saturated heterocycles. The average molecular weight is 339 g/mol. The number of aromatic nitrogens is 1. The highest BCUT2D eigenvalue weighted by atomic mass is 79.9. The van der Waals surface area contributed by atoms with Crippen LogP contribution in [0, 0.1) is 17.8 Å². The topological polar surface area (TPSA) is 62.2 Å². The van der Waals surface area contributed by atoms with Gasteiger partial charge in [-0.3, -0.25) is 0 Å². The van der Waals surface area contributed by atoms with Crippen molar-refractivity contribution in [3.8, 4) is 0 Å². The van der Waals surface area contributed by atoms with Gasteiger partial charge in [-0.2, -0.15) is 0 Å². The Kier molecular flexibility index (Phi) is 3.71. The van der Waals surface area contributed by atoms with Gasteiger partial charge < -0.3 is 10.4 Å². The number of carbonyl (C=O) groups is 1. The van der Waals surface area contributed by atoms with E-state index in [-0.39, 0.29) is 11.6 Å². The van der Waals surface area contributed by atoms with Crippen LogP contribution in [0.4, 0.5) is 5.82 Å². The summed E-state index contributed by atoms with van der Waals surface area (Å²) in [5.74, 6) is 1.90. The Labute approximate surface area is 127 Å². The fraction of sp³-hybridized carbons (Fsp3) is 0.600. The summed E-state index contributed by atoms with van der Waals surface area (Å²) in [6, 6.07) is 1.88. The predicted molar refractivity (Wildman–Crippen MR) is 80.9 cm³/mol. The van der Waals surface area contributed by atoms with Gasteiger partial charge in [0.1, 0.15) is 11.4 Å². The molecule has 2 saturated carbocycles. The fourth-order valence-corrected chi connectivity index (χ4v) is 4.28. The lowest BCUT2D eigenvalue weighted by molar-refractivity contribution is 0.0697. The molecule has 2 bridgehead atoms. The minimum atomic E-state index is -0.943. The standard InChI is InChI=1S/C15H19BrN2O2/c1-8(12-5-9-2-3-10(12)4-9)18-14-13(15(19)20)6-11(16)7-17-14/h6-10,12H,2-5H2,1H3,(H,17,18)(H,19,20). The van der Waals surface area contributed by atoms with Gasteiger partial charge in [-0.15, -0.1) is 0 Å². The summed E-state index contributed by atoms with van der Waals surface area (Å²) in [7, 11) is 0. The van der Waals surface area contributed by atoms with E-state index in [1.54, 1.807) is 12.3 Å². The van der Waals surface area contributed by atoms with Crippen molar-refractivity contribution in [2.75, 3.05) is 5.32 Å². The van der Waals surface area contributed by atoms with Crippen molar-refractivity contribution in [1.82, 2.24) is 4.98 Å². The molecule has 1 heterocycles. The second-order valence-corrected chi connectivity index (χ2v) is 7.04. The molecule has 2 fully saturated rings.